The number of rotatable bonds is 1. The van der Waals surface area contributed by atoms with Gasteiger partial charge >= 0.3 is 0 Å². The maximum Gasteiger partial charge on any atom is 0.288 e. The summed E-state index contributed by atoms with van der Waals surface area (Å²) in [5.74, 6) is 0. The summed E-state index contributed by atoms with van der Waals surface area (Å²) in [6.45, 7) is 0. The van der Waals surface area contributed by atoms with E-state index in [1.807, 2.05) is 11.4 Å². The van der Waals surface area contributed by atoms with Gasteiger partial charge in [-0.05, 0) is 34.0 Å². The average Bonchev–Trinajstić information content (AvgIpc) is 2.59. The normalized spacial score (nSPS) is 10.7. The fourth-order valence-corrected chi connectivity index (χ4v) is 3.02. The zero-order chi connectivity index (χ0) is 10.3. The second kappa shape index (κ2) is 3.67. The van der Waals surface area contributed by atoms with E-state index in [0.29, 0.717) is 4.70 Å². The molecule has 0 fully saturated rings. The topological polar surface area (TPSA) is 43.1 Å². The van der Waals surface area contributed by atoms with Crippen molar-refractivity contribution >= 4 is 62.3 Å². The van der Waals surface area contributed by atoms with E-state index in [1.165, 1.54) is 11.3 Å². The predicted octanol–water partition coefficient (Wildman–Crippen LogP) is 3.70. The first-order chi connectivity index (χ1) is 6.61. The van der Waals surface area contributed by atoms with Crippen LogP contribution in [0.3, 0.4) is 0 Å². The molecule has 1 aromatic heterocycles. The van der Waals surface area contributed by atoms with E-state index in [9.17, 15) is 10.1 Å². The summed E-state index contributed by atoms with van der Waals surface area (Å²) < 4.78 is 1.50. The van der Waals surface area contributed by atoms with Gasteiger partial charge in [0.25, 0.3) is 5.69 Å². The molecule has 2 rings (SSSR count). The number of thiol groups is 1. The van der Waals surface area contributed by atoms with Crippen LogP contribution in [-0.4, -0.2) is 4.92 Å². The maximum absolute atomic E-state index is 10.8. The molecule has 0 N–H and O–H groups in total. The molecular weight excluding hydrogens is 333 g/mol. The second-order valence-electron chi connectivity index (χ2n) is 2.65. The molecule has 0 aliphatic carbocycles. The molecule has 0 saturated carbocycles. The minimum absolute atomic E-state index is 0.164. The zero-order valence-corrected chi connectivity index (χ0v) is 10.6. The molecule has 3 nitrogen and oxygen atoms in total. The monoisotopic (exact) mass is 337 g/mol. The Morgan fingerprint density at radius 1 is 1.57 bits per heavy atom. The van der Waals surface area contributed by atoms with Gasteiger partial charge in [0, 0.05) is 19.9 Å². The number of nitro benzene ring substituents is 1. The quantitative estimate of drug-likeness (QED) is 0.373. The third-order valence-electron chi connectivity index (χ3n) is 1.84. The van der Waals surface area contributed by atoms with E-state index < -0.39 is 0 Å². The molecule has 0 bridgehead atoms. The Bertz CT molecular complexity index is 523. The molecule has 72 valence electrons. The van der Waals surface area contributed by atoms with Crippen LogP contribution in [0.15, 0.2) is 22.4 Å². The molecule has 0 spiro atoms. The third-order valence-corrected chi connectivity index (χ3v) is 4.54. The van der Waals surface area contributed by atoms with Crippen LogP contribution < -0.4 is 0 Å². The van der Waals surface area contributed by atoms with Gasteiger partial charge in [-0.1, -0.05) is 0 Å². The Morgan fingerprint density at radius 2 is 2.29 bits per heavy atom. The van der Waals surface area contributed by atoms with Crippen molar-refractivity contribution in [3.8, 4) is 0 Å². The number of non-ortho nitro benzene ring substituents is 1. The van der Waals surface area contributed by atoms with Crippen LogP contribution in [0.4, 0.5) is 5.69 Å². The first kappa shape index (κ1) is 10.2. The summed E-state index contributed by atoms with van der Waals surface area (Å²) in [4.78, 5) is 11.2. The minimum Gasteiger partial charge on any atom is -0.258 e. The van der Waals surface area contributed by atoms with Gasteiger partial charge in [0.05, 0.1) is 4.92 Å². The number of halogens is 1. The van der Waals surface area contributed by atoms with Gasteiger partial charge in [-0.2, -0.15) is 0 Å². The van der Waals surface area contributed by atoms with Crippen molar-refractivity contribution in [2.75, 3.05) is 0 Å². The van der Waals surface area contributed by atoms with Gasteiger partial charge < -0.3 is 0 Å². The summed E-state index contributed by atoms with van der Waals surface area (Å²) in [6.07, 6.45) is 0. The average molecular weight is 337 g/mol. The van der Waals surface area contributed by atoms with E-state index in [2.05, 4.69) is 35.2 Å². The fraction of sp³-hybridized carbons (Fsp3) is 0. The molecule has 1 heterocycles. The second-order valence-corrected chi connectivity index (χ2v) is 5.17. The molecule has 0 amide bonds. The van der Waals surface area contributed by atoms with E-state index >= 15 is 0 Å². The minimum atomic E-state index is -0.353. The van der Waals surface area contributed by atoms with Crippen LogP contribution in [0.1, 0.15) is 0 Å². The lowest BCUT2D eigenvalue weighted by molar-refractivity contribution is -0.383. The Hall–Kier alpha value is -0.340. The molecule has 0 radical (unpaired) electrons. The predicted molar refractivity (Wildman–Crippen MR) is 68.4 cm³/mol. The van der Waals surface area contributed by atoms with Gasteiger partial charge in [-0.3, -0.25) is 10.1 Å². The highest BCUT2D eigenvalue weighted by atomic mass is 127. The molecule has 0 saturated heterocycles. The fourth-order valence-electron chi connectivity index (χ4n) is 1.21. The Labute approximate surface area is 103 Å². The zero-order valence-electron chi connectivity index (χ0n) is 6.73. The molecular formula is C8H4INO2S2. The van der Waals surface area contributed by atoms with Gasteiger partial charge in [0.15, 0.2) is 0 Å². The van der Waals surface area contributed by atoms with Crippen molar-refractivity contribution in [3.63, 3.8) is 0 Å². The Morgan fingerprint density at radius 3 is 2.93 bits per heavy atom. The maximum atomic E-state index is 10.8. The van der Waals surface area contributed by atoms with Crippen molar-refractivity contribution in [1.82, 2.24) is 0 Å². The summed E-state index contributed by atoms with van der Waals surface area (Å²) >= 11 is 7.75. The van der Waals surface area contributed by atoms with E-state index in [1.54, 1.807) is 6.07 Å². The number of nitro groups is 1. The first-order valence-corrected chi connectivity index (χ1v) is 6.05. The number of benzene rings is 1. The molecule has 0 aliphatic heterocycles. The van der Waals surface area contributed by atoms with Crippen molar-refractivity contribution < 1.29 is 4.92 Å². The standard InChI is InChI=1S/C8H4INO2S2/c9-5-3-6(10(11)12)8-4(7(5)13)1-2-14-8/h1-3,13H. The summed E-state index contributed by atoms with van der Waals surface area (Å²) in [7, 11) is 0. The third kappa shape index (κ3) is 1.51. The van der Waals surface area contributed by atoms with Crippen molar-refractivity contribution in [2.45, 2.75) is 4.90 Å². The first-order valence-electron chi connectivity index (χ1n) is 3.64. The Kier molecular flexibility index (Phi) is 2.67. The van der Waals surface area contributed by atoms with E-state index in [4.69, 9.17) is 0 Å². The van der Waals surface area contributed by atoms with Gasteiger partial charge in [0.1, 0.15) is 4.70 Å². The number of hydrogen-bond donors (Lipinski definition) is 1. The van der Waals surface area contributed by atoms with Crippen LogP contribution in [0, 0.1) is 13.7 Å². The van der Waals surface area contributed by atoms with Gasteiger partial charge in [-0.25, -0.2) is 0 Å². The Balaban J connectivity index is 2.91. The molecule has 0 aliphatic rings. The number of thiophene rings is 1. The largest absolute Gasteiger partial charge is 0.288 e. The number of fused-ring (bicyclic) bond motifs is 1. The van der Waals surface area contributed by atoms with Crippen molar-refractivity contribution in [2.24, 2.45) is 0 Å². The van der Waals surface area contributed by atoms with Crippen LogP contribution in [0.5, 0.6) is 0 Å². The highest BCUT2D eigenvalue weighted by Crippen LogP contribution is 2.37. The highest BCUT2D eigenvalue weighted by molar-refractivity contribution is 14.1. The molecule has 0 unspecified atom stereocenters. The van der Waals surface area contributed by atoms with Crippen LogP contribution in [-0.2, 0) is 0 Å². The summed E-state index contributed by atoms with van der Waals surface area (Å²) in [5.41, 5.74) is 0.164. The smallest absolute Gasteiger partial charge is 0.258 e. The summed E-state index contributed by atoms with van der Waals surface area (Å²) in [6, 6.07) is 3.42. The lowest BCUT2D eigenvalue weighted by Gasteiger charge is -2.00. The van der Waals surface area contributed by atoms with E-state index in [-0.39, 0.29) is 10.6 Å². The van der Waals surface area contributed by atoms with Crippen LogP contribution in [0.25, 0.3) is 10.1 Å². The van der Waals surface area contributed by atoms with Crippen molar-refractivity contribution in [1.29, 1.82) is 0 Å². The lowest BCUT2D eigenvalue weighted by atomic mass is 10.2. The van der Waals surface area contributed by atoms with Gasteiger partial charge in [0.2, 0.25) is 0 Å². The molecule has 0 atom stereocenters. The highest BCUT2D eigenvalue weighted by Gasteiger charge is 2.17. The lowest BCUT2D eigenvalue weighted by Crippen LogP contribution is -1.89. The van der Waals surface area contributed by atoms with Crippen LogP contribution in [0.2, 0.25) is 0 Å². The number of nitrogens with zero attached hydrogens (tertiary/aromatic N) is 1. The van der Waals surface area contributed by atoms with Crippen LogP contribution >= 0.6 is 46.6 Å². The van der Waals surface area contributed by atoms with Gasteiger partial charge in [-0.15, -0.1) is 24.0 Å². The molecule has 2 aromatic rings. The molecule has 1 aromatic carbocycles. The number of hydrogen-bond acceptors (Lipinski definition) is 4. The van der Waals surface area contributed by atoms with E-state index in [0.717, 1.165) is 13.9 Å². The van der Waals surface area contributed by atoms with Crippen molar-refractivity contribution in [3.05, 3.63) is 31.2 Å². The molecule has 14 heavy (non-hydrogen) atoms. The SMILES string of the molecule is O=[N+]([O-])c1cc(I)c(S)c2ccsc12. The molecule has 6 heteroatoms. The summed E-state index contributed by atoms with van der Waals surface area (Å²) in [5, 5.41) is 13.5.